The van der Waals surface area contributed by atoms with Crippen molar-refractivity contribution in [2.24, 2.45) is 5.41 Å². The Labute approximate surface area is 159 Å². The number of anilines is 1. The largest absolute Gasteiger partial charge is 0.339 e. The maximum atomic E-state index is 13.1. The first kappa shape index (κ1) is 17.7. The van der Waals surface area contributed by atoms with Crippen molar-refractivity contribution < 1.29 is 9.59 Å². The Bertz CT molecular complexity index is 818. The molecule has 2 fully saturated rings. The summed E-state index contributed by atoms with van der Waals surface area (Å²) in [6.07, 6.45) is 3.30. The van der Waals surface area contributed by atoms with Gasteiger partial charge in [0.2, 0.25) is 0 Å². The van der Waals surface area contributed by atoms with Gasteiger partial charge in [-0.15, -0.1) is 0 Å². The Morgan fingerprint density at radius 2 is 1.63 bits per heavy atom. The summed E-state index contributed by atoms with van der Waals surface area (Å²) in [6, 6.07) is 16.3. The predicted octanol–water partition coefficient (Wildman–Crippen LogP) is 3.15. The number of likely N-dealkylation sites (tertiary alicyclic amines) is 1. The van der Waals surface area contributed by atoms with Crippen LogP contribution < -0.4 is 10.6 Å². The second-order valence-electron chi connectivity index (χ2n) is 7.58. The summed E-state index contributed by atoms with van der Waals surface area (Å²) in [5.74, 6) is -0.203. The van der Waals surface area contributed by atoms with Gasteiger partial charge in [-0.25, -0.2) is 0 Å². The van der Waals surface area contributed by atoms with Crippen LogP contribution >= 0.6 is 0 Å². The van der Waals surface area contributed by atoms with Gasteiger partial charge in [0.1, 0.15) is 0 Å². The van der Waals surface area contributed by atoms with Crippen LogP contribution in [0.4, 0.5) is 5.69 Å². The molecule has 140 valence electrons. The maximum Gasteiger partial charge on any atom is 0.255 e. The number of piperidine rings is 1. The molecule has 0 aromatic heterocycles. The standard InChI is InChI=1S/C22H25N3O2/c26-20(17-6-2-1-3-7-17)24-19-9-5-4-8-18(19)21(27)25-14-11-22(12-15-25)10-13-23-16-22/h1-9,23H,10-16H2,(H,24,26). The van der Waals surface area contributed by atoms with E-state index in [2.05, 4.69) is 10.6 Å². The molecule has 0 unspecified atom stereocenters. The lowest BCUT2D eigenvalue weighted by Gasteiger charge is -2.39. The third-order valence-electron chi connectivity index (χ3n) is 5.89. The first-order chi connectivity index (χ1) is 13.2. The van der Waals surface area contributed by atoms with E-state index in [0.717, 1.165) is 39.0 Å². The molecular weight excluding hydrogens is 338 g/mol. The summed E-state index contributed by atoms with van der Waals surface area (Å²) in [4.78, 5) is 27.5. The highest BCUT2D eigenvalue weighted by molar-refractivity contribution is 6.09. The van der Waals surface area contributed by atoms with Crippen LogP contribution in [-0.2, 0) is 0 Å². The van der Waals surface area contributed by atoms with Crippen molar-refractivity contribution in [3.63, 3.8) is 0 Å². The number of nitrogens with one attached hydrogen (secondary N) is 2. The molecule has 27 heavy (non-hydrogen) atoms. The lowest BCUT2D eigenvalue weighted by atomic mass is 9.78. The number of carbonyl (C=O) groups is 2. The second-order valence-corrected chi connectivity index (χ2v) is 7.58. The van der Waals surface area contributed by atoms with E-state index in [-0.39, 0.29) is 11.8 Å². The van der Waals surface area contributed by atoms with Crippen LogP contribution in [-0.4, -0.2) is 42.9 Å². The highest BCUT2D eigenvalue weighted by Crippen LogP contribution is 2.37. The topological polar surface area (TPSA) is 61.4 Å². The van der Waals surface area contributed by atoms with Crippen LogP contribution in [0.25, 0.3) is 0 Å². The quantitative estimate of drug-likeness (QED) is 0.881. The van der Waals surface area contributed by atoms with Gasteiger partial charge in [-0.1, -0.05) is 30.3 Å². The molecule has 0 aliphatic carbocycles. The molecule has 0 atom stereocenters. The summed E-state index contributed by atoms with van der Waals surface area (Å²) in [5, 5.41) is 6.35. The van der Waals surface area contributed by atoms with Crippen LogP contribution in [0.15, 0.2) is 54.6 Å². The van der Waals surface area contributed by atoms with Gasteiger partial charge in [0, 0.05) is 25.2 Å². The van der Waals surface area contributed by atoms with E-state index >= 15 is 0 Å². The smallest absolute Gasteiger partial charge is 0.255 e. The number of para-hydroxylation sites is 1. The predicted molar refractivity (Wildman–Crippen MR) is 106 cm³/mol. The number of nitrogens with zero attached hydrogens (tertiary/aromatic N) is 1. The van der Waals surface area contributed by atoms with E-state index in [1.54, 1.807) is 24.3 Å². The fourth-order valence-electron chi connectivity index (χ4n) is 4.14. The van der Waals surface area contributed by atoms with Crippen molar-refractivity contribution in [3.8, 4) is 0 Å². The highest BCUT2D eigenvalue weighted by atomic mass is 16.2. The van der Waals surface area contributed by atoms with E-state index in [0.29, 0.717) is 22.2 Å². The van der Waals surface area contributed by atoms with E-state index in [1.807, 2.05) is 35.2 Å². The normalized spacial score (nSPS) is 18.4. The number of rotatable bonds is 3. The molecule has 2 heterocycles. The molecule has 1 spiro atoms. The van der Waals surface area contributed by atoms with Gasteiger partial charge in [-0.2, -0.15) is 0 Å². The lowest BCUT2D eigenvalue weighted by Crippen LogP contribution is -2.44. The SMILES string of the molecule is O=C(Nc1ccccc1C(=O)N1CCC2(CCNC2)CC1)c1ccccc1. The van der Waals surface area contributed by atoms with Crippen molar-refractivity contribution in [2.75, 3.05) is 31.5 Å². The molecule has 2 aromatic carbocycles. The number of benzene rings is 2. The number of amides is 2. The summed E-state index contributed by atoms with van der Waals surface area (Å²) in [6.45, 7) is 3.71. The number of hydrogen-bond acceptors (Lipinski definition) is 3. The van der Waals surface area contributed by atoms with Crippen molar-refractivity contribution in [2.45, 2.75) is 19.3 Å². The number of hydrogen-bond donors (Lipinski definition) is 2. The summed E-state index contributed by atoms with van der Waals surface area (Å²) < 4.78 is 0. The third kappa shape index (κ3) is 3.74. The zero-order valence-corrected chi connectivity index (χ0v) is 15.4. The fourth-order valence-corrected chi connectivity index (χ4v) is 4.14. The Morgan fingerprint density at radius 1 is 0.926 bits per heavy atom. The molecule has 2 amide bonds. The van der Waals surface area contributed by atoms with Gasteiger partial charge in [0.25, 0.3) is 11.8 Å². The average Bonchev–Trinajstić information content (AvgIpc) is 3.17. The van der Waals surface area contributed by atoms with Crippen LogP contribution in [0.1, 0.15) is 40.0 Å². The second kappa shape index (κ2) is 7.53. The molecule has 2 aliphatic heterocycles. The minimum absolute atomic E-state index is 0.000215. The van der Waals surface area contributed by atoms with Gasteiger partial charge < -0.3 is 15.5 Å². The van der Waals surface area contributed by atoms with Crippen molar-refractivity contribution in [1.29, 1.82) is 0 Å². The molecule has 5 heteroatoms. The minimum atomic E-state index is -0.203. The highest BCUT2D eigenvalue weighted by Gasteiger charge is 2.38. The van der Waals surface area contributed by atoms with Gasteiger partial charge in [0.15, 0.2) is 0 Å². The van der Waals surface area contributed by atoms with Crippen LogP contribution in [0.3, 0.4) is 0 Å². The minimum Gasteiger partial charge on any atom is -0.339 e. The average molecular weight is 363 g/mol. The first-order valence-electron chi connectivity index (χ1n) is 9.62. The Balaban J connectivity index is 1.47. The third-order valence-corrected chi connectivity index (χ3v) is 5.89. The van der Waals surface area contributed by atoms with Crippen molar-refractivity contribution in [1.82, 2.24) is 10.2 Å². The molecule has 0 saturated carbocycles. The molecule has 2 N–H and O–H groups in total. The van der Waals surface area contributed by atoms with Gasteiger partial charge in [-0.3, -0.25) is 9.59 Å². The molecule has 0 bridgehead atoms. The summed E-state index contributed by atoms with van der Waals surface area (Å²) in [7, 11) is 0. The van der Waals surface area contributed by atoms with E-state index in [9.17, 15) is 9.59 Å². The van der Waals surface area contributed by atoms with Crippen molar-refractivity contribution in [3.05, 3.63) is 65.7 Å². The zero-order chi connectivity index (χ0) is 18.7. The van der Waals surface area contributed by atoms with Gasteiger partial charge in [0.05, 0.1) is 11.3 Å². The molecule has 2 saturated heterocycles. The van der Waals surface area contributed by atoms with Gasteiger partial charge in [-0.05, 0) is 55.5 Å². The lowest BCUT2D eigenvalue weighted by molar-refractivity contribution is 0.0608. The molecule has 2 aliphatic rings. The molecule has 5 nitrogen and oxygen atoms in total. The van der Waals surface area contributed by atoms with Crippen LogP contribution in [0.5, 0.6) is 0 Å². The zero-order valence-electron chi connectivity index (χ0n) is 15.4. The van der Waals surface area contributed by atoms with E-state index in [1.165, 1.54) is 6.42 Å². The molecule has 2 aromatic rings. The Morgan fingerprint density at radius 3 is 2.33 bits per heavy atom. The molecule has 0 radical (unpaired) electrons. The van der Waals surface area contributed by atoms with Crippen molar-refractivity contribution >= 4 is 17.5 Å². The molecule has 4 rings (SSSR count). The van der Waals surface area contributed by atoms with Gasteiger partial charge >= 0.3 is 0 Å². The first-order valence-corrected chi connectivity index (χ1v) is 9.62. The summed E-state index contributed by atoms with van der Waals surface area (Å²) >= 11 is 0. The van der Waals surface area contributed by atoms with Crippen LogP contribution in [0, 0.1) is 5.41 Å². The number of carbonyl (C=O) groups excluding carboxylic acids is 2. The van der Waals surface area contributed by atoms with Crippen LogP contribution in [0.2, 0.25) is 0 Å². The summed E-state index contributed by atoms with van der Waals surface area (Å²) in [5.41, 5.74) is 2.08. The van der Waals surface area contributed by atoms with E-state index < -0.39 is 0 Å². The fraction of sp³-hybridized carbons (Fsp3) is 0.364. The maximum absolute atomic E-state index is 13.1. The monoisotopic (exact) mass is 363 g/mol. The van der Waals surface area contributed by atoms with E-state index in [4.69, 9.17) is 0 Å². The Kier molecular flexibility index (Phi) is 4.94. The molecular formula is C22H25N3O2. The Hall–Kier alpha value is -2.66.